The van der Waals surface area contributed by atoms with E-state index in [2.05, 4.69) is 26.2 Å². The molecule has 0 aliphatic carbocycles. The molecule has 0 radical (unpaired) electrons. The predicted octanol–water partition coefficient (Wildman–Crippen LogP) is 4.13. The fraction of sp³-hybridized carbons (Fsp3) is 0.176. The Bertz CT molecular complexity index is 997. The second kappa shape index (κ2) is 6.64. The molecule has 1 N–H and O–H groups in total. The Morgan fingerprint density at radius 2 is 2.12 bits per heavy atom. The number of rotatable bonds is 4. The number of benzene rings is 1. The Balaban J connectivity index is 1.99. The lowest BCUT2D eigenvalue weighted by atomic mass is 10.1. The van der Waals surface area contributed by atoms with Gasteiger partial charge in [-0.25, -0.2) is 4.98 Å². The number of halogens is 1. The summed E-state index contributed by atoms with van der Waals surface area (Å²) in [5.41, 5.74) is 2.83. The first kappa shape index (κ1) is 17.1. The van der Waals surface area contributed by atoms with Gasteiger partial charge in [0, 0.05) is 28.0 Å². The summed E-state index contributed by atoms with van der Waals surface area (Å²) < 4.78 is 2.57. The molecule has 0 bridgehead atoms. The van der Waals surface area contributed by atoms with E-state index in [1.807, 2.05) is 19.1 Å². The minimum atomic E-state index is -0.446. The summed E-state index contributed by atoms with van der Waals surface area (Å²) in [7, 11) is 0. The smallest absolute Gasteiger partial charge is 0.274 e. The molecule has 0 unspecified atom stereocenters. The SMILES string of the molecule is CCc1nc2ccc(Br)cn2c1C(=O)Nc1ccc([N+](=O)[O-])c(C)c1. The maximum Gasteiger partial charge on any atom is 0.274 e. The van der Waals surface area contributed by atoms with Crippen LogP contribution in [0.2, 0.25) is 0 Å². The van der Waals surface area contributed by atoms with Gasteiger partial charge in [-0.15, -0.1) is 0 Å². The average molecular weight is 403 g/mol. The van der Waals surface area contributed by atoms with Crippen LogP contribution < -0.4 is 5.32 Å². The van der Waals surface area contributed by atoms with E-state index in [1.165, 1.54) is 12.1 Å². The Hall–Kier alpha value is -2.74. The van der Waals surface area contributed by atoms with Crippen LogP contribution in [0, 0.1) is 17.0 Å². The fourth-order valence-electron chi connectivity index (χ4n) is 2.68. The highest BCUT2D eigenvalue weighted by molar-refractivity contribution is 9.10. The van der Waals surface area contributed by atoms with Crippen LogP contribution in [0.5, 0.6) is 0 Å². The van der Waals surface area contributed by atoms with Crippen molar-refractivity contribution in [2.75, 3.05) is 5.32 Å². The zero-order valence-electron chi connectivity index (χ0n) is 13.6. The molecule has 1 aromatic carbocycles. The highest BCUT2D eigenvalue weighted by Crippen LogP contribution is 2.23. The molecule has 0 fully saturated rings. The number of nitrogens with one attached hydrogen (secondary N) is 1. The largest absolute Gasteiger partial charge is 0.321 e. The van der Waals surface area contributed by atoms with Crippen molar-refractivity contribution in [2.45, 2.75) is 20.3 Å². The number of amides is 1. The van der Waals surface area contributed by atoms with Crippen molar-refractivity contribution in [3.05, 3.63) is 68.1 Å². The van der Waals surface area contributed by atoms with Crippen molar-refractivity contribution in [3.8, 4) is 0 Å². The zero-order chi connectivity index (χ0) is 18.1. The van der Waals surface area contributed by atoms with Crippen LogP contribution in [0.15, 0.2) is 41.0 Å². The van der Waals surface area contributed by atoms with Crippen LogP contribution in [-0.2, 0) is 6.42 Å². The molecule has 128 valence electrons. The summed E-state index contributed by atoms with van der Waals surface area (Å²) in [5.74, 6) is -0.310. The molecule has 0 aliphatic heterocycles. The standard InChI is InChI=1S/C17H15BrN4O3/c1-3-13-16(21-9-11(18)4-7-15(21)20-13)17(23)19-12-5-6-14(22(24)25)10(2)8-12/h4-9H,3H2,1-2H3,(H,19,23). The van der Waals surface area contributed by atoms with Crippen molar-refractivity contribution in [1.82, 2.24) is 9.38 Å². The maximum atomic E-state index is 12.8. The van der Waals surface area contributed by atoms with Crippen LogP contribution in [0.3, 0.4) is 0 Å². The number of nitrogens with zero attached hydrogens (tertiary/aromatic N) is 3. The van der Waals surface area contributed by atoms with E-state index in [-0.39, 0.29) is 11.6 Å². The number of anilines is 1. The van der Waals surface area contributed by atoms with E-state index in [0.717, 1.165) is 4.47 Å². The second-order valence-corrected chi connectivity index (χ2v) is 6.46. The third-order valence-corrected chi connectivity index (χ3v) is 4.33. The first-order valence-corrected chi connectivity index (χ1v) is 8.43. The van der Waals surface area contributed by atoms with Gasteiger partial charge in [-0.05, 0) is 53.5 Å². The van der Waals surface area contributed by atoms with Gasteiger partial charge in [0.2, 0.25) is 0 Å². The minimum Gasteiger partial charge on any atom is -0.321 e. The number of carbonyl (C=O) groups is 1. The highest BCUT2D eigenvalue weighted by Gasteiger charge is 2.19. The van der Waals surface area contributed by atoms with Gasteiger partial charge in [0.25, 0.3) is 11.6 Å². The van der Waals surface area contributed by atoms with Crippen LogP contribution in [0.25, 0.3) is 5.65 Å². The monoisotopic (exact) mass is 402 g/mol. The number of imidazole rings is 1. The minimum absolute atomic E-state index is 0.0194. The topological polar surface area (TPSA) is 89.5 Å². The van der Waals surface area contributed by atoms with Gasteiger partial charge >= 0.3 is 0 Å². The van der Waals surface area contributed by atoms with Crippen LogP contribution in [0.1, 0.15) is 28.7 Å². The molecule has 7 nitrogen and oxygen atoms in total. The van der Waals surface area contributed by atoms with Crippen molar-refractivity contribution in [2.24, 2.45) is 0 Å². The summed E-state index contributed by atoms with van der Waals surface area (Å²) in [6.07, 6.45) is 2.40. The van der Waals surface area contributed by atoms with Gasteiger partial charge in [-0.3, -0.25) is 19.3 Å². The molecule has 3 rings (SSSR count). The summed E-state index contributed by atoms with van der Waals surface area (Å²) in [6.45, 7) is 3.57. The van der Waals surface area contributed by atoms with E-state index in [9.17, 15) is 14.9 Å². The third-order valence-electron chi connectivity index (χ3n) is 3.86. The number of nitro benzene ring substituents is 1. The van der Waals surface area contributed by atoms with E-state index in [4.69, 9.17) is 0 Å². The molecule has 8 heteroatoms. The summed E-state index contributed by atoms with van der Waals surface area (Å²) in [4.78, 5) is 27.7. The molecule has 2 aromatic heterocycles. The zero-order valence-corrected chi connectivity index (χ0v) is 15.2. The molecule has 0 aliphatic rings. The van der Waals surface area contributed by atoms with Crippen molar-refractivity contribution < 1.29 is 9.72 Å². The molecular formula is C17H15BrN4O3. The van der Waals surface area contributed by atoms with E-state index in [0.29, 0.717) is 34.7 Å². The van der Waals surface area contributed by atoms with Crippen molar-refractivity contribution in [3.63, 3.8) is 0 Å². The predicted molar refractivity (Wildman–Crippen MR) is 98.1 cm³/mol. The quantitative estimate of drug-likeness (QED) is 0.524. The number of fused-ring (bicyclic) bond motifs is 1. The number of aromatic nitrogens is 2. The summed E-state index contributed by atoms with van der Waals surface area (Å²) in [5, 5.41) is 13.7. The van der Waals surface area contributed by atoms with E-state index < -0.39 is 4.92 Å². The lowest BCUT2D eigenvalue weighted by Gasteiger charge is -2.08. The summed E-state index contributed by atoms with van der Waals surface area (Å²) >= 11 is 3.40. The number of hydrogen-bond acceptors (Lipinski definition) is 4. The molecule has 0 saturated heterocycles. The molecule has 3 aromatic rings. The normalized spacial score (nSPS) is 10.8. The van der Waals surface area contributed by atoms with Gasteiger partial charge in [0.1, 0.15) is 11.3 Å². The molecule has 25 heavy (non-hydrogen) atoms. The number of carbonyl (C=O) groups excluding carboxylic acids is 1. The molecule has 1 amide bonds. The van der Waals surface area contributed by atoms with Crippen molar-refractivity contribution >= 4 is 38.9 Å². The molecule has 0 saturated carbocycles. The van der Waals surface area contributed by atoms with Crippen molar-refractivity contribution in [1.29, 1.82) is 0 Å². The first-order valence-electron chi connectivity index (χ1n) is 7.63. The molecular weight excluding hydrogens is 388 g/mol. The Labute approximate surface area is 152 Å². The lowest BCUT2D eigenvalue weighted by molar-refractivity contribution is -0.385. The van der Waals surface area contributed by atoms with Crippen LogP contribution in [-0.4, -0.2) is 20.2 Å². The number of aryl methyl sites for hydroxylation is 2. The van der Waals surface area contributed by atoms with Gasteiger partial charge in [0.05, 0.1) is 10.6 Å². The van der Waals surface area contributed by atoms with E-state index in [1.54, 1.807) is 23.6 Å². The Morgan fingerprint density at radius 3 is 2.76 bits per heavy atom. The summed E-state index contributed by atoms with van der Waals surface area (Å²) in [6, 6.07) is 8.19. The highest BCUT2D eigenvalue weighted by atomic mass is 79.9. The van der Waals surface area contributed by atoms with E-state index >= 15 is 0 Å². The Kier molecular flexibility index (Phi) is 4.54. The number of nitro groups is 1. The number of hydrogen-bond donors (Lipinski definition) is 1. The fourth-order valence-corrected chi connectivity index (χ4v) is 3.02. The first-order chi connectivity index (χ1) is 11.9. The average Bonchev–Trinajstić information content (AvgIpc) is 2.92. The van der Waals surface area contributed by atoms with Gasteiger partial charge < -0.3 is 5.32 Å². The third kappa shape index (κ3) is 3.25. The van der Waals surface area contributed by atoms with Gasteiger partial charge in [-0.1, -0.05) is 6.92 Å². The number of pyridine rings is 1. The maximum absolute atomic E-state index is 12.8. The second-order valence-electron chi connectivity index (χ2n) is 5.55. The molecule has 0 spiro atoms. The van der Waals surface area contributed by atoms with Crippen LogP contribution in [0.4, 0.5) is 11.4 Å². The van der Waals surface area contributed by atoms with Crippen LogP contribution >= 0.6 is 15.9 Å². The molecule has 0 atom stereocenters. The lowest BCUT2D eigenvalue weighted by Crippen LogP contribution is -2.16. The molecule has 2 heterocycles. The van der Waals surface area contributed by atoms with Gasteiger partial charge in [-0.2, -0.15) is 0 Å². The van der Waals surface area contributed by atoms with Gasteiger partial charge in [0.15, 0.2) is 0 Å². The Morgan fingerprint density at radius 1 is 1.36 bits per heavy atom.